The molecule has 0 radical (unpaired) electrons. The number of piperidine rings is 1. The minimum absolute atomic E-state index is 0.161. The van der Waals surface area contributed by atoms with Crippen LogP contribution in [-0.4, -0.2) is 26.0 Å². The normalized spacial score (nSPS) is 35.1. The first-order valence-electron chi connectivity index (χ1n) is 5.44. The fraction of sp³-hybridized carbons (Fsp3) is 0.500. The molecule has 1 N–H and O–H groups in total. The average molecular weight is 205 g/mol. The Labute approximate surface area is 89.4 Å². The molecule has 0 spiro atoms. The molecule has 1 aromatic carbocycles. The highest BCUT2D eigenvalue weighted by Crippen LogP contribution is 2.40. The smallest absolute Gasteiger partial charge is 0.148 e. The van der Waals surface area contributed by atoms with Gasteiger partial charge < -0.3 is 14.8 Å². The number of hydrogen-bond acceptors (Lipinski definition) is 3. The molecule has 0 saturated carbocycles. The Kier molecular flexibility index (Phi) is 2.24. The number of benzene rings is 1. The van der Waals surface area contributed by atoms with Crippen molar-refractivity contribution in [2.24, 2.45) is 0 Å². The van der Waals surface area contributed by atoms with Crippen molar-refractivity contribution in [3.8, 4) is 0 Å². The molecule has 2 fully saturated rings. The Bertz CT molecular complexity index is 341. The van der Waals surface area contributed by atoms with E-state index in [1.165, 1.54) is 5.56 Å². The lowest BCUT2D eigenvalue weighted by Gasteiger charge is -2.37. The van der Waals surface area contributed by atoms with Gasteiger partial charge in [0, 0.05) is 6.54 Å². The lowest BCUT2D eigenvalue weighted by molar-refractivity contribution is -0.0267. The van der Waals surface area contributed by atoms with Crippen LogP contribution in [0, 0.1) is 0 Å². The summed E-state index contributed by atoms with van der Waals surface area (Å²) >= 11 is 0. The van der Waals surface area contributed by atoms with Gasteiger partial charge in [0.1, 0.15) is 18.5 Å². The standard InChI is InChI=1S/C12H15NO2/c1-2-4-10(5-3-1)12-6-7-13-8-11(12)14-9-15-12/h1-5,11,13H,6-9H2/t11-,12-/m0/s1. The largest absolute Gasteiger partial charge is 0.347 e. The van der Waals surface area contributed by atoms with E-state index < -0.39 is 0 Å². The first-order chi connectivity index (χ1) is 7.42. The highest BCUT2D eigenvalue weighted by atomic mass is 16.7. The summed E-state index contributed by atoms with van der Waals surface area (Å²) < 4.78 is 11.5. The van der Waals surface area contributed by atoms with Gasteiger partial charge in [0.2, 0.25) is 0 Å². The summed E-state index contributed by atoms with van der Waals surface area (Å²) in [5.74, 6) is 0. The number of fused-ring (bicyclic) bond motifs is 1. The van der Waals surface area contributed by atoms with Gasteiger partial charge in [-0.1, -0.05) is 30.3 Å². The summed E-state index contributed by atoms with van der Waals surface area (Å²) in [4.78, 5) is 0. The van der Waals surface area contributed by atoms with Crippen LogP contribution in [0.15, 0.2) is 30.3 Å². The molecule has 2 aliphatic heterocycles. The van der Waals surface area contributed by atoms with Gasteiger partial charge in [-0.15, -0.1) is 0 Å². The molecule has 0 amide bonds. The number of nitrogens with one attached hydrogen (secondary N) is 1. The molecule has 15 heavy (non-hydrogen) atoms. The lowest BCUT2D eigenvalue weighted by Crippen LogP contribution is -2.50. The Morgan fingerprint density at radius 1 is 1.27 bits per heavy atom. The van der Waals surface area contributed by atoms with E-state index in [2.05, 4.69) is 29.6 Å². The van der Waals surface area contributed by atoms with Crippen LogP contribution < -0.4 is 5.32 Å². The Morgan fingerprint density at radius 3 is 3.00 bits per heavy atom. The van der Waals surface area contributed by atoms with E-state index in [0.717, 1.165) is 19.5 Å². The van der Waals surface area contributed by atoms with Crippen LogP contribution in [0.4, 0.5) is 0 Å². The summed E-state index contributed by atoms with van der Waals surface area (Å²) in [7, 11) is 0. The van der Waals surface area contributed by atoms with Gasteiger partial charge in [-0.2, -0.15) is 0 Å². The Morgan fingerprint density at radius 2 is 2.13 bits per heavy atom. The molecular weight excluding hydrogens is 190 g/mol. The van der Waals surface area contributed by atoms with E-state index in [0.29, 0.717) is 6.79 Å². The summed E-state index contributed by atoms with van der Waals surface area (Å²) in [6, 6.07) is 10.4. The zero-order chi connectivity index (χ0) is 10.1. The topological polar surface area (TPSA) is 30.5 Å². The molecule has 3 nitrogen and oxygen atoms in total. The van der Waals surface area contributed by atoms with Crippen molar-refractivity contribution in [3.05, 3.63) is 35.9 Å². The molecule has 80 valence electrons. The maximum Gasteiger partial charge on any atom is 0.148 e. The summed E-state index contributed by atoms with van der Waals surface area (Å²) in [5, 5.41) is 3.35. The molecule has 3 rings (SSSR count). The van der Waals surface area contributed by atoms with Crippen molar-refractivity contribution in [1.29, 1.82) is 0 Å². The molecule has 1 aromatic rings. The maximum atomic E-state index is 5.87. The van der Waals surface area contributed by atoms with Crippen molar-refractivity contribution in [2.75, 3.05) is 19.9 Å². The molecule has 0 bridgehead atoms. The van der Waals surface area contributed by atoms with Crippen molar-refractivity contribution in [2.45, 2.75) is 18.1 Å². The zero-order valence-electron chi connectivity index (χ0n) is 8.61. The van der Waals surface area contributed by atoms with Crippen LogP contribution in [0.1, 0.15) is 12.0 Å². The van der Waals surface area contributed by atoms with Gasteiger partial charge in [0.15, 0.2) is 0 Å². The third kappa shape index (κ3) is 1.39. The van der Waals surface area contributed by atoms with Crippen molar-refractivity contribution in [3.63, 3.8) is 0 Å². The monoisotopic (exact) mass is 205 g/mol. The second-order valence-electron chi connectivity index (χ2n) is 4.13. The van der Waals surface area contributed by atoms with Gasteiger partial charge in [-0.25, -0.2) is 0 Å². The van der Waals surface area contributed by atoms with Crippen LogP contribution in [0.5, 0.6) is 0 Å². The van der Waals surface area contributed by atoms with Crippen molar-refractivity contribution < 1.29 is 9.47 Å². The van der Waals surface area contributed by atoms with E-state index >= 15 is 0 Å². The van der Waals surface area contributed by atoms with E-state index in [-0.39, 0.29) is 11.7 Å². The lowest BCUT2D eigenvalue weighted by atomic mass is 9.83. The van der Waals surface area contributed by atoms with Gasteiger partial charge >= 0.3 is 0 Å². The van der Waals surface area contributed by atoms with Crippen molar-refractivity contribution in [1.82, 2.24) is 5.32 Å². The Balaban J connectivity index is 2.00. The first-order valence-corrected chi connectivity index (χ1v) is 5.44. The van der Waals surface area contributed by atoms with Crippen molar-refractivity contribution >= 4 is 0 Å². The first kappa shape index (κ1) is 9.33. The van der Waals surface area contributed by atoms with Crippen LogP contribution in [0.3, 0.4) is 0 Å². The predicted molar refractivity (Wildman–Crippen MR) is 56.4 cm³/mol. The summed E-state index contributed by atoms with van der Waals surface area (Å²) in [6.07, 6.45) is 1.15. The fourth-order valence-corrected chi connectivity index (χ4v) is 2.55. The molecule has 2 aliphatic rings. The summed E-state index contributed by atoms with van der Waals surface area (Å²) in [5.41, 5.74) is 1.04. The maximum absolute atomic E-state index is 5.87. The average Bonchev–Trinajstić information content (AvgIpc) is 2.75. The molecule has 0 aromatic heterocycles. The van der Waals surface area contributed by atoms with Crippen LogP contribution in [0.25, 0.3) is 0 Å². The zero-order valence-corrected chi connectivity index (χ0v) is 8.61. The summed E-state index contributed by atoms with van der Waals surface area (Å²) in [6.45, 7) is 2.30. The predicted octanol–water partition coefficient (Wildman–Crippen LogP) is 1.25. The molecule has 0 aliphatic carbocycles. The van der Waals surface area contributed by atoms with Crippen LogP contribution >= 0.6 is 0 Å². The number of rotatable bonds is 1. The molecule has 0 unspecified atom stereocenters. The second kappa shape index (κ2) is 3.59. The third-order valence-corrected chi connectivity index (χ3v) is 3.37. The van der Waals surface area contributed by atoms with Crippen LogP contribution in [0.2, 0.25) is 0 Å². The molecule has 2 heterocycles. The molecular formula is C12H15NO2. The van der Waals surface area contributed by atoms with Gasteiger partial charge in [0.05, 0.1) is 0 Å². The van der Waals surface area contributed by atoms with E-state index in [9.17, 15) is 0 Å². The van der Waals surface area contributed by atoms with E-state index in [1.807, 2.05) is 6.07 Å². The van der Waals surface area contributed by atoms with Gasteiger partial charge in [-0.3, -0.25) is 0 Å². The van der Waals surface area contributed by atoms with Gasteiger partial charge in [-0.05, 0) is 18.5 Å². The fourth-order valence-electron chi connectivity index (χ4n) is 2.55. The molecule has 3 heteroatoms. The Hall–Kier alpha value is -0.900. The third-order valence-electron chi connectivity index (χ3n) is 3.37. The quantitative estimate of drug-likeness (QED) is 0.748. The van der Waals surface area contributed by atoms with Gasteiger partial charge in [0.25, 0.3) is 0 Å². The number of hydrogen-bond donors (Lipinski definition) is 1. The minimum atomic E-state index is -0.202. The highest BCUT2D eigenvalue weighted by molar-refractivity contribution is 5.26. The number of ether oxygens (including phenoxy) is 2. The molecule has 2 saturated heterocycles. The minimum Gasteiger partial charge on any atom is -0.347 e. The van der Waals surface area contributed by atoms with E-state index in [1.54, 1.807) is 0 Å². The molecule has 2 atom stereocenters. The highest BCUT2D eigenvalue weighted by Gasteiger charge is 2.48. The SMILES string of the molecule is c1ccc([C@@]23CCNC[C@@H]2OCO3)cc1. The van der Waals surface area contributed by atoms with Crippen LogP contribution in [-0.2, 0) is 15.1 Å². The van der Waals surface area contributed by atoms with E-state index in [4.69, 9.17) is 9.47 Å². The second-order valence-corrected chi connectivity index (χ2v) is 4.13.